The van der Waals surface area contributed by atoms with Crippen molar-refractivity contribution in [3.05, 3.63) is 88.1 Å². The van der Waals surface area contributed by atoms with Gasteiger partial charge >= 0.3 is 0 Å². The van der Waals surface area contributed by atoms with E-state index in [1.165, 1.54) is 16.9 Å². The highest BCUT2D eigenvalue weighted by Gasteiger charge is 2.06. The Balaban J connectivity index is 1.60. The van der Waals surface area contributed by atoms with Gasteiger partial charge in [-0.25, -0.2) is 5.43 Å². The van der Waals surface area contributed by atoms with Crippen LogP contribution >= 0.6 is 11.3 Å². The molecule has 0 unspecified atom stereocenters. The first-order valence-electron chi connectivity index (χ1n) is 8.52. The van der Waals surface area contributed by atoms with E-state index < -0.39 is 0 Å². The van der Waals surface area contributed by atoms with Gasteiger partial charge in [0.25, 0.3) is 5.91 Å². The quantitative estimate of drug-likeness (QED) is 0.495. The fraction of sp³-hybridized carbons (Fsp3) is 0.143. The van der Waals surface area contributed by atoms with E-state index in [0.29, 0.717) is 4.88 Å². The molecule has 1 aromatic heterocycles. The summed E-state index contributed by atoms with van der Waals surface area (Å²) in [6, 6.07) is 22.2. The van der Waals surface area contributed by atoms with Gasteiger partial charge in [0.2, 0.25) is 0 Å². The zero-order valence-electron chi connectivity index (χ0n) is 14.6. The average molecular weight is 363 g/mol. The van der Waals surface area contributed by atoms with Crippen molar-refractivity contribution in [2.24, 2.45) is 5.10 Å². The molecule has 1 heterocycles. The molecule has 132 valence electrons. The van der Waals surface area contributed by atoms with Crippen LogP contribution in [-0.2, 0) is 6.54 Å². The fourth-order valence-corrected chi connectivity index (χ4v) is 3.20. The number of nitrogens with one attached hydrogen (secondary N) is 1. The van der Waals surface area contributed by atoms with Crippen molar-refractivity contribution in [2.75, 3.05) is 11.4 Å². The minimum Gasteiger partial charge on any atom is -0.367 e. The molecule has 3 rings (SSSR count). The molecule has 0 radical (unpaired) electrons. The molecule has 0 aliphatic heterocycles. The lowest BCUT2D eigenvalue weighted by atomic mass is 10.1. The number of hydrazone groups is 1. The summed E-state index contributed by atoms with van der Waals surface area (Å²) in [4.78, 5) is 14.8. The average Bonchev–Trinajstić information content (AvgIpc) is 3.22. The first-order valence-corrected chi connectivity index (χ1v) is 9.40. The SMILES string of the molecule is CCN(Cc1ccccc1)c1ccc(/C=N/NC(=O)c2cccs2)cc1. The highest BCUT2D eigenvalue weighted by molar-refractivity contribution is 7.12. The van der Waals surface area contributed by atoms with Crippen LogP contribution in [0.5, 0.6) is 0 Å². The molecule has 0 spiro atoms. The van der Waals surface area contributed by atoms with Crippen molar-refractivity contribution in [3.63, 3.8) is 0 Å². The van der Waals surface area contributed by atoms with Crippen LogP contribution in [0.4, 0.5) is 5.69 Å². The van der Waals surface area contributed by atoms with E-state index >= 15 is 0 Å². The lowest BCUT2D eigenvalue weighted by Crippen LogP contribution is -2.21. The van der Waals surface area contributed by atoms with Crippen LogP contribution < -0.4 is 10.3 Å². The Bertz CT molecular complexity index is 843. The van der Waals surface area contributed by atoms with E-state index in [4.69, 9.17) is 0 Å². The Morgan fingerprint density at radius 1 is 1.08 bits per heavy atom. The van der Waals surface area contributed by atoms with E-state index in [1.807, 2.05) is 29.6 Å². The molecule has 26 heavy (non-hydrogen) atoms. The Kier molecular flexibility index (Phi) is 6.17. The third-order valence-corrected chi connectivity index (χ3v) is 4.85. The molecule has 0 atom stereocenters. The first kappa shape index (κ1) is 17.9. The molecule has 3 aromatic rings. The van der Waals surface area contributed by atoms with Crippen LogP contribution in [0.1, 0.15) is 27.7 Å². The van der Waals surface area contributed by atoms with Gasteiger partial charge in [-0.15, -0.1) is 11.3 Å². The maximum Gasteiger partial charge on any atom is 0.281 e. The number of nitrogens with zero attached hydrogens (tertiary/aromatic N) is 2. The molecule has 0 aliphatic carbocycles. The second-order valence-electron chi connectivity index (χ2n) is 5.77. The van der Waals surface area contributed by atoms with Gasteiger partial charge in [-0.3, -0.25) is 4.79 Å². The number of anilines is 1. The van der Waals surface area contributed by atoms with Crippen LogP contribution in [-0.4, -0.2) is 18.7 Å². The van der Waals surface area contributed by atoms with E-state index in [0.717, 1.165) is 24.3 Å². The third-order valence-electron chi connectivity index (χ3n) is 3.98. The minimum absolute atomic E-state index is 0.187. The third kappa shape index (κ3) is 4.80. The molecule has 4 nitrogen and oxygen atoms in total. The highest BCUT2D eigenvalue weighted by Crippen LogP contribution is 2.17. The molecule has 0 aliphatic rings. The molecule has 1 N–H and O–H groups in total. The lowest BCUT2D eigenvalue weighted by molar-refractivity contribution is 0.0959. The number of rotatable bonds is 7. The monoisotopic (exact) mass is 363 g/mol. The van der Waals surface area contributed by atoms with Crippen molar-refractivity contribution in [3.8, 4) is 0 Å². The summed E-state index contributed by atoms with van der Waals surface area (Å²) in [6.07, 6.45) is 1.66. The molecular weight excluding hydrogens is 342 g/mol. The summed E-state index contributed by atoms with van der Waals surface area (Å²) in [7, 11) is 0. The summed E-state index contributed by atoms with van der Waals surface area (Å²) >= 11 is 1.39. The molecular formula is C21H21N3OS. The van der Waals surface area contributed by atoms with Crippen LogP contribution in [0.25, 0.3) is 0 Å². The van der Waals surface area contributed by atoms with E-state index in [2.05, 4.69) is 58.7 Å². The number of carbonyl (C=O) groups is 1. The number of thiophene rings is 1. The van der Waals surface area contributed by atoms with Crippen LogP contribution in [0.3, 0.4) is 0 Å². The number of benzene rings is 2. The van der Waals surface area contributed by atoms with Gasteiger partial charge in [-0.05, 0) is 41.6 Å². The second-order valence-corrected chi connectivity index (χ2v) is 6.72. The van der Waals surface area contributed by atoms with Gasteiger partial charge in [0.05, 0.1) is 11.1 Å². The van der Waals surface area contributed by atoms with E-state index in [-0.39, 0.29) is 5.91 Å². The zero-order chi connectivity index (χ0) is 18.2. The highest BCUT2D eigenvalue weighted by atomic mass is 32.1. The Hall–Kier alpha value is -2.92. The van der Waals surface area contributed by atoms with Gasteiger partial charge in [0.1, 0.15) is 0 Å². The summed E-state index contributed by atoms with van der Waals surface area (Å²) in [5.74, 6) is -0.187. The largest absolute Gasteiger partial charge is 0.367 e. The van der Waals surface area contributed by atoms with Crippen molar-refractivity contribution in [2.45, 2.75) is 13.5 Å². The van der Waals surface area contributed by atoms with Gasteiger partial charge < -0.3 is 4.90 Å². The molecule has 2 aromatic carbocycles. The molecule has 0 bridgehead atoms. The summed E-state index contributed by atoms with van der Waals surface area (Å²) < 4.78 is 0. The molecule has 0 saturated heterocycles. The minimum atomic E-state index is -0.187. The summed E-state index contributed by atoms with van der Waals surface area (Å²) in [5.41, 5.74) is 5.94. The number of hydrogen-bond donors (Lipinski definition) is 1. The molecule has 1 amide bonds. The molecule has 0 fully saturated rings. The normalized spacial score (nSPS) is 10.8. The number of hydrogen-bond acceptors (Lipinski definition) is 4. The standard InChI is InChI=1S/C21H21N3OS/c1-2-24(16-18-7-4-3-5-8-18)19-12-10-17(11-13-19)15-22-23-21(25)20-9-6-14-26-20/h3-15H,2,16H2,1H3,(H,23,25)/b22-15+. The number of carbonyl (C=O) groups excluding carboxylic acids is 1. The Morgan fingerprint density at radius 3 is 2.50 bits per heavy atom. The first-order chi connectivity index (χ1) is 12.8. The lowest BCUT2D eigenvalue weighted by Gasteiger charge is -2.23. The van der Waals surface area contributed by atoms with Gasteiger partial charge in [0, 0.05) is 18.8 Å². The van der Waals surface area contributed by atoms with E-state index in [1.54, 1.807) is 12.3 Å². The van der Waals surface area contributed by atoms with Crippen molar-refractivity contribution in [1.29, 1.82) is 0 Å². The van der Waals surface area contributed by atoms with Crippen molar-refractivity contribution in [1.82, 2.24) is 5.43 Å². The van der Waals surface area contributed by atoms with Crippen molar-refractivity contribution >= 4 is 29.1 Å². The van der Waals surface area contributed by atoms with Crippen LogP contribution in [0.2, 0.25) is 0 Å². The topological polar surface area (TPSA) is 44.7 Å². The van der Waals surface area contributed by atoms with E-state index in [9.17, 15) is 4.79 Å². The van der Waals surface area contributed by atoms with Crippen LogP contribution in [0, 0.1) is 0 Å². The van der Waals surface area contributed by atoms with Crippen molar-refractivity contribution < 1.29 is 4.79 Å². The zero-order valence-corrected chi connectivity index (χ0v) is 15.4. The summed E-state index contributed by atoms with van der Waals surface area (Å²) in [5, 5.41) is 5.90. The maximum absolute atomic E-state index is 11.8. The molecule has 0 saturated carbocycles. The molecule has 5 heteroatoms. The van der Waals surface area contributed by atoms with Gasteiger partial charge in [-0.1, -0.05) is 48.5 Å². The maximum atomic E-state index is 11.8. The predicted octanol–water partition coefficient (Wildman–Crippen LogP) is 4.54. The smallest absolute Gasteiger partial charge is 0.281 e. The summed E-state index contributed by atoms with van der Waals surface area (Å²) in [6.45, 7) is 3.96. The van der Waals surface area contributed by atoms with Crippen LogP contribution in [0.15, 0.2) is 77.2 Å². The van der Waals surface area contributed by atoms with Gasteiger partial charge in [-0.2, -0.15) is 5.10 Å². The number of amides is 1. The Labute approximate surface area is 157 Å². The fourth-order valence-electron chi connectivity index (χ4n) is 2.59. The predicted molar refractivity (Wildman–Crippen MR) is 109 cm³/mol. The Morgan fingerprint density at radius 2 is 1.85 bits per heavy atom. The second kappa shape index (κ2) is 8.97. The van der Waals surface area contributed by atoms with Gasteiger partial charge in [0.15, 0.2) is 0 Å².